The first-order valence-corrected chi connectivity index (χ1v) is 19.8. The second kappa shape index (κ2) is 13.0. The maximum Gasteiger partial charge on any atom is 0.0540 e. The molecule has 11 rings (SSSR count). The van der Waals surface area contributed by atoms with Crippen molar-refractivity contribution in [2.45, 2.75) is 19.3 Å². The Labute approximate surface area is 334 Å². The zero-order valence-corrected chi connectivity index (χ0v) is 32.0. The lowest BCUT2D eigenvalue weighted by atomic mass is 9.81. The van der Waals surface area contributed by atoms with Crippen LogP contribution in [0.4, 0.5) is 34.1 Å². The van der Waals surface area contributed by atoms with Gasteiger partial charge in [0.05, 0.1) is 28.4 Å². The molecule has 3 aliphatic rings. The first-order chi connectivity index (χ1) is 28.0. The Morgan fingerprint density at radius 2 is 0.860 bits per heavy atom. The molecule has 0 saturated heterocycles. The lowest BCUT2D eigenvalue weighted by Gasteiger charge is -2.29. The fraction of sp³-hybridized carbons (Fsp3) is 0.0545. The summed E-state index contributed by atoms with van der Waals surface area (Å²) in [5.41, 5.74) is 19.5. The Kier molecular flexibility index (Phi) is 7.55. The molecule has 2 heterocycles. The Balaban J connectivity index is 0.955. The fourth-order valence-electron chi connectivity index (χ4n) is 9.30. The minimum atomic E-state index is -0.170. The molecule has 0 amide bonds. The minimum absolute atomic E-state index is 0.170. The second-order valence-corrected chi connectivity index (χ2v) is 15.8. The molecule has 0 radical (unpaired) electrons. The Morgan fingerprint density at radius 3 is 1.44 bits per heavy atom. The van der Waals surface area contributed by atoms with Gasteiger partial charge >= 0.3 is 0 Å². The molecule has 1 aliphatic carbocycles. The van der Waals surface area contributed by atoms with E-state index in [0.717, 1.165) is 0 Å². The van der Waals surface area contributed by atoms with Crippen LogP contribution >= 0.6 is 0 Å². The van der Waals surface area contributed by atoms with E-state index < -0.39 is 0 Å². The van der Waals surface area contributed by atoms with E-state index in [4.69, 9.17) is 0 Å². The van der Waals surface area contributed by atoms with Crippen LogP contribution in [0.3, 0.4) is 0 Å². The van der Waals surface area contributed by atoms with Crippen LogP contribution in [0, 0.1) is 0 Å². The SMILES string of the molecule is CC1(C)c2cc(/C=C/c3ccc(N4c5ccccc5C=Cc5ccccc54)c4ccccc34)ccc2-c2ccc(N3c4ccccc4C=Cc4ccccc43)cc21. The number of para-hydroxylation sites is 4. The van der Waals surface area contributed by atoms with Gasteiger partial charge in [-0.2, -0.15) is 0 Å². The summed E-state index contributed by atoms with van der Waals surface area (Å²) in [4.78, 5) is 4.85. The van der Waals surface area contributed by atoms with Crippen molar-refractivity contribution in [1.82, 2.24) is 0 Å². The molecule has 0 fully saturated rings. The third-order valence-electron chi connectivity index (χ3n) is 12.2. The van der Waals surface area contributed by atoms with Crippen molar-refractivity contribution in [2.75, 3.05) is 9.80 Å². The summed E-state index contributed by atoms with van der Waals surface area (Å²) in [5.74, 6) is 0. The maximum atomic E-state index is 2.43. The largest absolute Gasteiger partial charge is 0.309 e. The summed E-state index contributed by atoms with van der Waals surface area (Å²) in [7, 11) is 0. The molecule has 8 aromatic carbocycles. The zero-order valence-electron chi connectivity index (χ0n) is 32.0. The highest BCUT2D eigenvalue weighted by Gasteiger charge is 2.36. The molecule has 0 unspecified atom stereocenters. The van der Waals surface area contributed by atoms with Crippen molar-refractivity contribution >= 4 is 81.4 Å². The van der Waals surface area contributed by atoms with E-state index in [-0.39, 0.29) is 5.41 Å². The third-order valence-corrected chi connectivity index (χ3v) is 12.2. The summed E-state index contributed by atoms with van der Waals surface area (Å²) in [6.07, 6.45) is 13.5. The number of hydrogen-bond donors (Lipinski definition) is 0. The van der Waals surface area contributed by atoms with E-state index in [2.05, 4.69) is 230 Å². The Morgan fingerprint density at radius 1 is 0.386 bits per heavy atom. The van der Waals surface area contributed by atoms with Gasteiger partial charge in [0.15, 0.2) is 0 Å². The maximum absolute atomic E-state index is 2.43. The highest BCUT2D eigenvalue weighted by atomic mass is 15.2. The van der Waals surface area contributed by atoms with Crippen LogP contribution in [0.1, 0.15) is 58.4 Å². The molecule has 8 aromatic rings. The van der Waals surface area contributed by atoms with Crippen LogP contribution < -0.4 is 9.80 Å². The Bertz CT molecular complexity index is 2910. The number of benzene rings is 8. The van der Waals surface area contributed by atoms with Crippen molar-refractivity contribution in [3.05, 3.63) is 214 Å². The van der Waals surface area contributed by atoms with Gasteiger partial charge in [0.25, 0.3) is 0 Å². The molecular formula is C55H40N2. The van der Waals surface area contributed by atoms with Crippen LogP contribution in [0.15, 0.2) is 170 Å². The zero-order chi connectivity index (χ0) is 38.1. The monoisotopic (exact) mass is 728 g/mol. The lowest BCUT2D eigenvalue weighted by Crippen LogP contribution is -2.17. The predicted octanol–water partition coefficient (Wildman–Crippen LogP) is 15.2. The van der Waals surface area contributed by atoms with E-state index in [1.54, 1.807) is 0 Å². The average molecular weight is 729 g/mol. The first kappa shape index (κ1) is 33.2. The van der Waals surface area contributed by atoms with Crippen LogP contribution in [0.25, 0.3) is 58.4 Å². The Hall–Kier alpha value is -7.16. The summed E-state index contributed by atoms with van der Waals surface area (Å²) in [6, 6.07) is 62.2. The van der Waals surface area contributed by atoms with Gasteiger partial charge in [-0.05, 0) is 103 Å². The summed E-state index contributed by atoms with van der Waals surface area (Å²) in [5, 5.41) is 2.45. The van der Waals surface area contributed by atoms with E-state index in [9.17, 15) is 0 Å². The van der Waals surface area contributed by atoms with E-state index in [1.807, 2.05) is 0 Å². The van der Waals surface area contributed by atoms with Crippen molar-refractivity contribution < 1.29 is 0 Å². The van der Waals surface area contributed by atoms with Gasteiger partial charge in [-0.25, -0.2) is 0 Å². The van der Waals surface area contributed by atoms with Gasteiger partial charge in [-0.15, -0.1) is 0 Å². The van der Waals surface area contributed by atoms with Crippen molar-refractivity contribution in [2.24, 2.45) is 0 Å². The quantitative estimate of drug-likeness (QED) is 0.167. The van der Waals surface area contributed by atoms with Gasteiger partial charge in [0, 0.05) is 16.5 Å². The number of hydrogen-bond acceptors (Lipinski definition) is 2. The second-order valence-electron chi connectivity index (χ2n) is 15.8. The van der Waals surface area contributed by atoms with Gasteiger partial charge in [-0.1, -0.05) is 178 Å². The number of rotatable bonds is 4. The van der Waals surface area contributed by atoms with Gasteiger partial charge < -0.3 is 9.80 Å². The molecule has 2 heteroatoms. The van der Waals surface area contributed by atoms with Crippen LogP contribution in [-0.4, -0.2) is 0 Å². The number of anilines is 6. The van der Waals surface area contributed by atoms with E-state index >= 15 is 0 Å². The highest BCUT2D eigenvalue weighted by molar-refractivity contribution is 6.06. The van der Waals surface area contributed by atoms with Crippen molar-refractivity contribution in [3.8, 4) is 11.1 Å². The summed E-state index contributed by atoms with van der Waals surface area (Å²) in [6.45, 7) is 4.75. The number of nitrogens with zero attached hydrogens (tertiary/aromatic N) is 2. The van der Waals surface area contributed by atoms with E-state index in [1.165, 1.54) is 101 Å². The normalized spacial score (nSPS) is 14.4. The molecule has 0 atom stereocenters. The number of fused-ring (bicyclic) bond motifs is 8. The molecular weight excluding hydrogens is 689 g/mol. The van der Waals surface area contributed by atoms with E-state index in [0.29, 0.717) is 0 Å². The molecule has 57 heavy (non-hydrogen) atoms. The topological polar surface area (TPSA) is 6.48 Å². The van der Waals surface area contributed by atoms with Crippen molar-refractivity contribution in [3.63, 3.8) is 0 Å². The molecule has 0 aromatic heterocycles. The van der Waals surface area contributed by atoms with Crippen molar-refractivity contribution in [1.29, 1.82) is 0 Å². The van der Waals surface area contributed by atoms with Crippen LogP contribution in [0.5, 0.6) is 0 Å². The molecule has 0 N–H and O–H groups in total. The average Bonchev–Trinajstić information content (AvgIpc) is 3.38. The fourth-order valence-corrected chi connectivity index (χ4v) is 9.30. The van der Waals surface area contributed by atoms with Crippen LogP contribution in [-0.2, 0) is 5.41 Å². The third kappa shape index (κ3) is 5.33. The molecule has 2 nitrogen and oxygen atoms in total. The molecule has 2 aliphatic heterocycles. The standard InChI is InChI=1S/C55H40N2/c1-55(2)48-35-37(24-32-45(48)46-33-31-43(36-49(46)55)56-50-19-9-3-13-39(50)26-27-40-14-4-10-20-51(40)56)23-25-38-30-34-54(47-18-8-7-17-44(38)47)57-52-21-11-5-15-41(52)28-29-42-16-6-12-22-53(42)57/h3-36H,1-2H3/b25-23+. The first-order valence-electron chi connectivity index (χ1n) is 19.8. The van der Waals surface area contributed by atoms with Gasteiger partial charge in [0.1, 0.15) is 0 Å². The molecule has 270 valence electrons. The highest BCUT2D eigenvalue weighted by Crippen LogP contribution is 2.52. The summed E-state index contributed by atoms with van der Waals surface area (Å²) >= 11 is 0. The van der Waals surface area contributed by atoms with Gasteiger partial charge in [0.2, 0.25) is 0 Å². The van der Waals surface area contributed by atoms with Gasteiger partial charge in [-0.3, -0.25) is 0 Å². The molecule has 0 saturated carbocycles. The predicted molar refractivity (Wildman–Crippen MR) is 244 cm³/mol. The minimum Gasteiger partial charge on any atom is -0.309 e. The smallest absolute Gasteiger partial charge is 0.0540 e. The lowest BCUT2D eigenvalue weighted by molar-refractivity contribution is 0.660. The molecule has 0 spiro atoms. The molecule has 0 bridgehead atoms. The summed E-state index contributed by atoms with van der Waals surface area (Å²) < 4.78 is 0. The van der Waals surface area contributed by atoms with Crippen LogP contribution in [0.2, 0.25) is 0 Å².